The SMILES string of the molecule is Cc1cccc(NC(=O)[C@@H](C)Sc2ncnc3sc(-c4ccccc4)cc23)c1. The number of anilines is 1. The summed E-state index contributed by atoms with van der Waals surface area (Å²) in [7, 11) is 0. The van der Waals surface area contributed by atoms with Crippen LogP contribution in [0.1, 0.15) is 12.5 Å². The number of carbonyl (C=O) groups is 1. The molecule has 0 bridgehead atoms. The molecule has 4 nitrogen and oxygen atoms in total. The van der Waals surface area contributed by atoms with Gasteiger partial charge in [0.25, 0.3) is 0 Å². The zero-order chi connectivity index (χ0) is 19.5. The zero-order valence-corrected chi connectivity index (χ0v) is 17.2. The Kier molecular flexibility index (Phi) is 5.41. The van der Waals surface area contributed by atoms with Gasteiger partial charge in [-0.2, -0.15) is 0 Å². The molecule has 4 rings (SSSR count). The molecular formula is C22H19N3OS2. The highest BCUT2D eigenvalue weighted by molar-refractivity contribution is 8.00. The first-order chi connectivity index (χ1) is 13.6. The van der Waals surface area contributed by atoms with E-state index in [0.717, 1.165) is 36.9 Å². The minimum Gasteiger partial charge on any atom is -0.325 e. The van der Waals surface area contributed by atoms with Gasteiger partial charge in [0, 0.05) is 16.0 Å². The fraction of sp³-hybridized carbons (Fsp3) is 0.136. The summed E-state index contributed by atoms with van der Waals surface area (Å²) in [5.41, 5.74) is 3.08. The summed E-state index contributed by atoms with van der Waals surface area (Å²) in [6, 6.07) is 20.2. The predicted octanol–water partition coefficient (Wildman–Crippen LogP) is 5.79. The maximum Gasteiger partial charge on any atom is 0.237 e. The van der Waals surface area contributed by atoms with Crippen molar-refractivity contribution >= 4 is 44.9 Å². The van der Waals surface area contributed by atoms with Crippen LogP contribution < -0.4 is 5.32 Å². The number of benzene rings is 2. The van der Waals surface area contributed by atoms with Crippen molar-refractivity contribution in [3.05, 3.63) is 72.6 Å². The van der Waals surface area contributed by atoms with Gasteiger partial charge in [0.05, 0.1) is 5.25 Å². The van der Waals surface area contributed by atoms with Crippen LogP contribution in [0, 0.1) is 6.92 Å². The van der Waals surface area contributed by atoms with Gasteiger partial charge in [-0.05, 0) is 43.2 Å². The van der Waals surface area contributed by atoms with Crippen LogP contribution in [-0.2, 0) is 4.79 Å². The Balaban J connectivity index is 1.55. The molecule has 0 radical (unpaired) electrons. The highest BCUT2D eigenvalue weighted by Gasteiger charge is 2.18. The molecule has 0 saturated heterocycles. The van der Waals surface area contributed by atoms with Crippen molar-refractivity contribution in [1.29, 1.82) is 0 Å². The lowest BCUT2D eigenvalue weighted by Gasteiger charge is -2.12. The molecule has 6 heteroatoms. The molecule has 1 atom stereocenters. The first-order valence-electron chi connectivity index (χ1n) is 8.94. The summed E-state index contributed by atoms with van der Waals surface area (Å²) >= 11 is 3.10. The van der Waals surface area contributed by atoms with E-state index in [4.69, 9.17) is 0 Å². The third kappa shape index (κ3) is 4.08. The van der Waals surface area contributed by atoms with Crippen LogP contribution in [0.3, 0.4) is 0 Å². The Morgan fingerprint density at radius 1 is 1.07 bits per heavy atom. The van der Waals surface area contributed by atoms with Crippen molar-refractivity contribution in [2.24, 2.45) is 0 Å². The highest BCUT2D eigenvalue weighted by atomic mass is 32.2. The van der Waals surface area contributed by atoms with Crippen LogP contribution in [0.25, 0.3) is 20.7 Å². The highest BCUT2D eigenvalue weighted by Crippen LogP contribution is 2.37. The molecule has 0 fully saturated rings. The molecule has 0 spiro atoms. The van der Waals surface area contributed by atoms with Crippen molar-refractivity contribution in [2.45, 2.75) is 24.1 Å². The van der Waals surface area contributed by atoms with Gasteiger partial charge in [0.1, 0.15) is 16.2 Å². The molecule has 0 saturated carbocycles. The molecule has 140 valence electrons. The number of aryl methyl sites for hydroxylation is 1. The molecule has 4 aromatic rings. The van der Waals surface area contributed by atoms with Gasteiger partial charge in [-0.1, -0.05) is 54.2 Å². The molecule has 2 heterocycles. The summed E-state index contributed by atoms with van der Waals surface area (Å²) < 4.78 is 0. The van der Waals surface area contributed by atoms with Crippen LogP contribution in [0.5, 0.6) is 0 Å². The minimum absolute atomic E-state index is 0.0409. The topological polar surface area (TPSA) is 54.9 Å². The van der Waals surface area contributed by atoms with Crippen molar-refractivity contribution in [3.63, 3.8) is 0 Å². The van der Waals surface area contributed by atoms with Crippen molar-refractivity contribution in [1.82, 2.24) is 9.97 Å². The maximum atomic E-state index is 12.6. The van der Waals surface area contributed by atoms with E-state index in [1.54, 1.807) is 17.7 Å². The average Bonchev–Trinajstić information content (AvgIpc) is 3.14. The number of amides is 1. The Bertz CT molecular complexity index is 1130. The summed E-state index contributed by atoms with van der Waals surface area (Å²) in [5.74, 6) is -0.0409. The molecule has 2 aromatic heterocycles. The average molecular weight is 406 g/mol. The quantitative estimate of drug-likeness (QED) is 0.337. The summed E-state index contributed by atoms with van der Waals surface area (Å²) in [6.07, 6.45) is 1.57. The van der Waals surface area contributed by atoms with Crippen LogP contribution >= 0.6 is 23.1 Å². The lowest BCUT2D eigenvalue weighted by molar-refractivity contribution is -0.115. The minimum atomic E-state index is -0.279. The van der Waals surface area contributed by atoms with Crippen molar-refractivity contribution in [2.75, 3.05) is 5.32 Å². The molecule has 1 N–H and O–H groups in total. The molecule has 1 amide bonds. The van der Waals surface area contributed by atoms with E-state index in [9.17, 15) is 4.79 Å². The van der Waals surface area contributed by atoms with E-state index >= 15 is 0 Å². The number of hydrogen-bond acceptors (Lipinski definition) is 5. The number of rotatable bonds is 5. The fourth-order valence-electron chi connectivity index (χ4n) is 2.86. The monoisotopic (exact) mass is 405 g/mol. The van der Waals surface area contributed by atoms with Gasteiger partial charge in [0.15, 0.2) is 0 Å². The first kappa shape index (κ1) is 18.7. The van der Waals surface area contributed by atoms with Crippen molar-refractivity contribution in [3.8, 4) is 10.4 Å². The first-order valence-corrected chi connectivity index (χ1v) is 10.6. The lowest BCUT2D eigenvalue weighted by atomic mass is 10.2. The Labute approximate surface area is 172 Å². The maximum absolute atomic E-state index is 12.6. The van der Waals surface area contributed by atoms with Gasteiger partial charge in [-0.25, -0.2) is 9.97 Å². The number of thioether (sulfide) groups is 1. The number of aromatic nitrogens is 2. The Morgan fingerprint density at radius 2 is 1.89 bits per heavy atom. The van der Waals surface area contributed by atoms with Crippen LogP contribution in [0.4, 0.5) is 5.69 Å². The standard InChI is InChI=1S/C22H19N3OS2/c1-14-7-6-10-17(11-14)25-20(26)15(2)27-21-18-12-19(16-8-4-3-5-9-16)28-22(18)24-13-23-21/h3-13,15H,1-2H3,(H,25,26)/t15-/m1/s1. The smallest absolute Gasteiger partial charge is 0.237 e. The normalized spacial score (nSPS) is 12.1. The van der Waals surface area contributed by atoms with E-state index < -0.39 is 0 Å². The van der Waals surface area contributed by atoms with E-state index in [2.05, 4.69) is 33.5 Å². The molecular weight excluding hydrogens is 386 g/mol. The summed E-state index contributed by atoms with van der Waals surface area (Å²) in [6.45, 7) is 3.90. The van der Waals surface area contributed by atoms with E-state index in [-0.39, 0.29) is 11.2 Å². The van der Waals surface area contributed by atoms with Crippen molar-refractivity contribution < 1.29 is 4.79 Å². The number of thiophene rings is 1. The third-order valence-corrected chi connectivity index (χ3v) is 6.50. The number of hydrogen-bond donors (Lipinski definition) is 1. The number of fused-ring (bicyclic) bond motifs is 1. The lowest BCUT2D eigenvalue weighted by Crippen LogP contribution is -2.22. The van der Waals surface area contributed by atoms with Crippen LogP contribution in [0.15, 0.2) is 72.0 Å². The third-order valence-electron chi connectivity index (χ3n) is 4.29. The molecule has 0 aliphatic rings. The zero-order valence-electron chi connectivity index (χ0n) is 15.5. The Morgan fingerprint density at radius 3 is 2.68 bits per heavy atom. The van der Waals surface area contributed by atoms with Gasteiger partial charge < -0.3 is 5.32 Å². The second-order valence-electron chi connectivity index (χ2n) is 6.49. The van der Waals surface area contributed by atoms with Gasteiger partial charge in [-0.15, -0.1) is 11.3 Å². The number of nitrogens with one attached hydrogen (secondary N) is 1. The second kappa shape index (κ2) is 8.12. The van der Waals surface area contributed by atoms with E-state index in [0.29, 0.717) is 0 Å². The molecule has 0 unspecified atom stereocenters. The van der Waals surface area contributed by atoms with Crippen LogP contribution in [0.2, 0.25) is 0 Å². The van der Waals surface area contributed by atoms with Crippen LogP contribution in [-0.4, -0.2) is 21.1 Å². The van der Waals surface area contributed by atoms with E-state index in [1.807, 2.05) is 56.3 Å². The predicted molar refractivity (Wildman–Crippen MR) is 118 cm³/mol. The van der Waals surface area contributed by atoms with Gasteiger partial charge >= 0.3 is 0 Å². The molecule has 28 heavy (non-hydrogen) atoms. The molecule has 0 aliphatic heterocycles. The largest absolute Gasteiger partial charge is 0.325 e. The number of nitrogens with zero attached hydrogens (tertiary/aromatic N) is 2. The summed E-state index contributed by atoms with van der Waals surface area (Å²) in [5, 5.41) is 4.52. The fourth-order valence-corrected chi connectivity index (χ4v) is 4.82. The van der Waals surface area contributed by atoms with Gasteiger partial charge in [0.2, 0.25) is 5.91 Å². The Hall–Kier alpha value is -2.70. The van der Waals surface area contributed by atoms with E-state index in [1.165, 1.54) is 11.8 Å². The summed E-state index contributed by atoms with van der Waals surface area (Å²) in [4.78, 5) is 23.5. The number of carbonyl (C=O) groups excluding carboxylic acids is 1. The van der Waals surface area contributed by atoms with Gasteiger partial charge in [-0.3, -0.25) is 4.79 Å². The molecule has 2 aromatic carbocycles. The second-order valence-corrected chi connectivity index (χ2v) is 8.85. The molecule has 0 aliphatic carbocycles.